The number of aryl methyl sites for hydroxylation is 2. The van der Waals surface area contributed by atoms with Crippen LogP contribution in [0.25, 0.3) is 0 Å². The molecule has 0 saturated heterocycles. The standard InChI is InChI=1S/C15H17NO3/c1-11-4-3-5-13(10-11)18-9-7-16-15(17)14-12(2)6-8-19-14/h3-6,8,10H,7,9H2,1-2H3,(H,16,17). The molecule has 0 bridgehead atoms. The Labute approximate surface area is 112 Å². The van der Waals surface area contributed by atoms with Gasteiger partial charge in [0.05, 0.1) is 12.8 Å². The van der Waals surface area contributed by atoms with E-state index in [0.29, 0.717) is 18.9 Å². The molecule has 0 atom stereocenters. The minimum absolute atomic E-state index is 0.213. The Morgan fingerprint density at radius 3 is 2.84 bits per heavy atom. The van der Waals surface area contributed by atoms with Gasteiger partial charge >= 0.3 is 0 Å². The summed E-state index contributed by atoms with van der Waals surface area (Å²) in [6.07, 6.45) is 1.51. The maximum Gasteiger partial charge on any atom is 0.287 e. The molecule has 0 aliphatic rings. The maximum atomic E-state index is 11.7. The molecule has 0 saturated carbocycles. The largest absolute Gasteiger partial charge is 0.492 e. The Kier molecular flexibility index (Phi) is 4.23. The highest BCUT2D eigenvalue weighted by molar-refractivity contribution is 5.92. The third-order valence-corrected chi connectivity index (χ3v) is 2.71. The Bertz CT molecular complexity index is 560. The van der Waals surface area contributed by atoms with E-state index in [1.54, 1.807) is 6.07 Å². The van der Waals surface area contributed by atoms with E-state index in [1.165, 1.54) is 6.26 Å². The van der Waals surface area contributed by atoms with Gasteiger partial charge < -0.3 is 14.5 Å². The van der Waals surface area contributed by atoms with Gasteiger partial charge in [-0.15, -0.1) is 0 Å². The smallest absolute Gasteiger partial charge is 0.287 e. The second kappa shape index (κ2) is 6.09. The Morgan fingerprint density at radius 2 is 2.16 bits per heavy atom. The monoisotopic (exact) mass is 259 g/mol. The number of hydrogen-bond acceptors (Lipinski definition) is 3. The number of hydrogen-bond donors (Lipinski definition) is 1. The van der Waals surface area contributed by atoms with E-state index >= 15 is 0 Å². The molecule has 2 aromatic rings. The van der Waals surface area contributed by atoms with E-state index in [1.807, 2.05) is 38.1 Å². The third-order valence-electron chi connectivity index (χ3n) is 2.71. The average Bonchev–Trinajstić information content (AvgIpc) is 2.81. The van der Waals surface area contributed by atoms with Crippen molar-refractivity contribution in [1.82, 2.24) is 5.32 Å². The number of benzene rings is 1. The minimum atomic E-state index is -0.213. The zero-order valence-corrected chi connectivity index (χ0v) is 11.1. The number of amides is 1. The molecule has 0 spiro atoms. The number of ether oxygens (including phenoxy) is 1. The van der Waals surface area contributed by atoms with Crippen LogP contribution in [0.5, 0.6) is 5.75 Å². The lowest BCUT2D eigenvalue weighted by Crippen LogP contribution is -2.28. The highest BCUT2D eigenvalue weighted by atomic mass is 16.5. The number of carbonyl (C=O) groups excluding carboxylic acids is 1. The van der Waals surface area contributed by atoms with E-state index in [-0.39, 0.29) is 5.91 Å². The molecule has 1 aromatic heterocycles. The van der Waals surface area contributed by atoms with Gasteiger partial charge in [-0.3, -0.25) is 4.79 Å². The lowest BCUT2D eigenvalue weighted by atomic mass is 10.2. The summed E-state index contributed by atoms with van der Waals surface area (Å²) in [5, 5.41) is 2.75. The molecule has 1 heterocycles. The van der Waals surface area contributed by atoms with Gasteiger partial charge in [0, 0.05) is 5.56 Å². The summed E-state index contributed by atoms with van der Waals surface area (Å²) >= 11 is 0. The second-order valence-electron chi connectivity index (χ2n) is 4.35. The van der Waals surface area contributed by atoms with Crippen LogP contribution in [0.15, 0.2) is 41.0 Å². The van der Waals surface area contributed by atoms with Crippen molar-refractivity contribution in [2.75, 3.05) is 13.2 Å². The van der Waals surface area contributed by atoms with Gasteiger partial charge in [0.25, 0.3) is 5.91 Å². The van der Waals surface area contributed by atoms with Crippen molar-refractivity contribution in [1.29, 1.82) is 0 Å². The van der Waals surface area contributed by atoms with Crippen LogP contribution in [0, 0.1) is 13.8 Å². The summed E-state index contributed by atoms with van der Waals surface area (Å²) < 4.78 is 10.6. The first kappa shape index (κ1) is 13.2. The molecule has 0 aliphatic heterocycles. The maximum absolute atomic E-state index is 11.7. The fraction of sp³-hybridized carbons (Fsp3) is 0.267. The molecule has 1 amide bonds. The Balaban J connectivity index is 1.75. The van der Waals surface area contributed by atoms with E-state index in [2.05, 4.69) is 5.32 Å². The first-order chi connectivity index (χ1) is 9.16. The van der Waals surface area contributed by atoms with Gasteiger partial charge in [0.1, 0.15) is 12.4 Å². The summed E-state index contributed by atoms with van der Waals surface area (Å²) in [6, 6.07) is 9.56. The number of nitrogens with one attached hydrogen (secondary N) is 1. The van der Waals surface area contributed by atoms with E-state index in [0.717, 1.165) is 16.9 Å². The number of furan rings is 1. The topological polar surface area (TPSA) is 51.5 Å². The van der Waals surface area contributed by atoms with Crippen molar-refractivity contribution < 1.29 is 13.9 Å². The summed E-state index contributed by atoms with van der Waals surface area (Å²) in [6.45, 7) is 4.71. The van der Waals surface area contributed by atoms with Crippen LogP contribution in [0.4, 0.5) is 0 Å². The lowest BCUT2D eigenvalue weighted by Gasteiger charge is -2.07. The van der Waals surface area contributed by atoms with Crippen LogP contribution < -0.4 is 10.1 Å². The molecule has 0 fully saturated rings. The molecule has 19 heavy (non-hydrogen) atoms. The molecule has 0 aliphatic carbocycles. The van der Waals surface area contributed by atoms with Crippen LogP contribution >= 0.6 is 0 Å². The molecule has 4 nitrogen and oxygen atoms in total. The molecule has 4 heteroatoms. The van der Waals surface area contributed by atoms with Crippen molar-refractivity contribution in [3.63, 3.8) is 0 Å². The normalized spacial score (nSPS) is 10.2. The molecule has 0 radical (unpaired) electrons. The fourth-order valence-corrected chi connectivity index (χ4v) is 1.72. The molecule has 1 N–H and O–H groups in total. The lowest BCUT2D eigenvalue weighted by molar-refractivity contribution is 0.0918. The van der Waals surface area contributed by atoms with Crippen LogP contribution in [0.1, 0.15) is 21.7 Å². The molecule has 100 valence electrons. The number of carbonyl (C=O) groups is 1. The highest BCUT2D eigenvalue weighted by Gasteiger charge is 2.11. The van der Waals surface area contributed by atoms with Crippen molar-refractivity contribution in [2.24, 2.45) is 0 Å². The van der Waals surface area contributed by atoms with E-state index in [9.17, 15) is 4.79 Å². The van der Waals surface area contributed by atoms with E-state index in [4.69, 9.17) is 9.15 Å². The third kappa shape index (κ3) is 3.61. The Morgan fingerprint density at radius 1 is 1.32 bits per heavy atom. The molecule has 2 rings (SSSR count). The zero-order valence-electron chi connectivity index (χ0n) is 11.1. The van der Waals surface area contributed by atoms with Crippen LogP contribution in [-0.2, 0) is 0 Å². The van der Waals surface area contributed by atoms with Crippen molar-refractivity contribution >= 4 is 5.91 Å². The second-order valence-corrected chi connectivity index (χ2v) is 4.35. The molecular formula is C15H17NO3. The minimum Gasteiger partial charge on any atom is -0.492 e. The van der Waals surface area contributed by atoms with Crippen molar-refractivity contribution in [3.05, 3.63) is 53.5 Å². The Hall–Kier alpha value is -2.23. The van der Waals surface area contributed by atoms with E-state index < -0.39 is 0 Å². The highest BCUT2D eigenvalue weighted by Crippen LogP contribution is 2.12. The summed E-state index contributed by atoms with van der Waals surface area (Å²) in [5.74, 6) is 0.953. The number of rotatable bonds is 5. The SMILES string of the molecule is Cc1cccc(OCCNC(=O)c2occc2C)c1. The summed E-state index contributed by atoms with van der Waals surface area (Å²) in [7, 11) is 0. The quantitative estimate of drug-likeness (QED) is 0.840. The summed E-state index contributed by atoms with van der Waals surface area (Å²) in [4.78, 5) is 11.7. The van der Waals surface area contributed by atoms with Gasteiger partial charge in [0.2, 0.25) is 0 Å². The van der Waals surface area contributed by atoms with Crippen molar-refractivity contribution in [2.45, 2.75) is 13.8 Å². The predicted octanol–water partition coefficient (Wildman–Crippen LogP) is 2.71. The predicted molar refractivity (Wildman–Crippen MR) is 72.5 cm³/mol. The zero-order chi connectivity index (χ0) is 13.7. The average molecular weight is 259 g/mol. The van der Waals surface area contributed by atoms with Crippen LogP contribution in [0.3, 0.4) is 0 Å². The van der Waals surface area contributed by atoms with Crippen molar-refractivity contribution in [3.8, 4) is 5.75 Å². The van der Waals surface area contributed by atoms with Crippen LogP contribution in [-0.4, -0.2) is 19.1 Å². The van der Waals surface area contributed by atoms with Gasteiger partial charge in [0.15, 0.2) is 5.76 Å². The van der Waals surface area contributed by atoms with Crippen LogP contribution in [0.2, 0.25) is 0 Å². The van der Waals surface area contributed by atoms with Gasteiger partial charge in [-0.2, -0.15) is 0 Å². The molecule has 1 aromatic carbocycles. The molecular weight excluding hydrogens is 242 g/mol. The van der Waals surface area contributed by atoms with Gasteiger partial charge in [-0.1, -0.05) is 12.1 Å². The molecule has 0 unspecified atom stereocenters. The fourth-order valence-electron chi connectivity index (χ4n) is 1.72. The first-order valence-corrected chi connectivity index (χ1v) is 6.18. The van der Waals surface area contributed by atoms with Gasteiger partial charge in [-0.05, 0) is 37.6 Å². The first-order valence-electron chi connectivity index (χ1n) is 6.18. The summed E-state index contributed by atoms with van der Waals surface area (Å²) in [5.41, 5.74) is 1.98. The van der Waals surface area contributed by atoms with Gasteiger partial charge in [-0.25, -0.2) is 0 Å².